The Morgan fingerprint density at radius 2 is 1.78 bits per heavy atom. The van der Waals surface area contributed by atoms with Gasteiger partial charge in [-0.05, 0) is 69.4 Å². The number of rotatable bonds is 6. The van der Waals surface area contributed by atoms with Gasteiger partial charge in [0.25, 0.3) is 0 Å². The highest BCUT2D eigenvalue weighted by atomic mass is 19.1. The number of hydrogen-bond acceptors (Lipinski definition) is 5. The first kappa shape index (κ1) is 21.1. The Kier molecular flexibility index (Phi) is 5.69. The van der Waals surface area contributed by atoms with Crippen molar-refractivity contribution in [3.63, 3.8) is 0 Å². The molecule has 0 atom stereocenters. The number of anilines is 1. The van der Waals surface area contributed by atoms with Crippen LogP contribution >= 0.6 is 0 Å². The molecule has 0 spiro atoms. The number of piperidine rings is 1. The van der Waals surface area contributed by atoms with Gasteiger partial charge in [-0.3, -0.25) is 4.79 Å². The summed E-state index contributed by atoms with van der Waals surface area (Å²) in [4.78, 5) is 21.8. The van der Waals surface area contributed by atoms with E-state index < -0.39 is 17.6 Å². The number of aliphatic carboxylic acids is 1. The number of carbonyl (C=O) groups is 1. The van der Waals surface area contributed by atoms with Crippen molar-refractivity contribution in [3.05, 3.63) is 35.0 Å². The van der Waals surface area contributed by atoms with Crippen LogP contribution in [0.2, 0.25) is 0 Å². The molecule has 0 unspecified atom stereocenters. The average molecular weight is 443 g/mol. The highest BCUT2D eigenvalue weighted by Crippen LogP contribution is 2.36. The number of aryl methyl sites for hydroxylation is 1. The molecule has 1 aromatic carbocycles. The SMILES string of the molecule is O=C(O)CC1CCN(c2c(F)cc(-c3nc4c(c(OC5CCC5)n3)CCC4)cc2F)CC1. The Hall–Kier alpha value is -2.77. The molecule has 170 valence electrons. The predicted octanol–water partition coefficient (Wildman–Crippen LogP) is 4.53. The average Bonchev–Trinajstić information content (AvgIpc) is 3.19. The van der Waals surface area contributed by atoms with E-state index in [2.05, 4.69) is 9.97 Å². The first-order valence-electron chi connectivity index (χ1n) is 11.5. The van der Waals surface area contributed by atoms with Crippen LogP contribution in [0.5, 0.6) is 5.88 Å². The molecular weight excluding hydrogens is 416 g/mol. The first-order chi connectivity index (χ1) is 15.5. The summed E-state index contributed by atoms with van der Waals surface area (Å²) in [6, 6.07) is 2.59. The molecule has 2 aliphatic carbocycles. The topological polar surface area (TPSA) is 75.5 Å². The highest BCUT2D eigenvalue weighted by molar-refractivity contribution is 5.67. The number of aromatic nitrogens is 2. The molecule has 1 saturated heterocycles. The Morgan fingerprint density at radius 3 is 2.41 bits per heavy atom. The van der Waals surface area contributed by atoms with Crippen molar-refractivity contribution in [1.29, 1.82) is 0 Å². The van der Waals surface area contributed by atoms with E-state index in [9.17, 15) is 4.79 Å². The van der Waals surface area contributed by atoms with Crippen LogP contribution in [0.3, 0.4) is 0 Å². The molecule has 0 amide bonds. The van der Waals surface area contributed by atoms with Crippen LogP contribution < -0.4 is 9.64 Å². The minimum atomic E-state index is -0.833. The maximum Gasteiger partial charge on any atom is 0.303 e. The molecule has 8 heteroatoms. The lowest BCUT2D eigenvalue weighted by Crippen LogP contribution is -2.35. The number of fused-ring (bicyclic) bond motifs is 1. The zero-order valence-corrected chi connectivity index (χ0v) is 17.9. The van der Waals surface area contributed by atoms with Crippen LogP contribution in [0.15, 0.2) is 12.1 Å². The van der Waals surface area contributed by atoms with Crippen LogP contribution in [-0.2, 0) is 17.6 Å². The van der Waals surface area contributed by atoms with Crippen LogP contribution in [0.25, 0.3) is 11.4 Å². The molecule has 1 aromatic heterocycles. The van der Waals surface area contributed by atoms with Gasteiger partial charge in [-0.25, -0.2) is 13.8 Å². The summed E-state index contributed by atoms with van der Waals surface area (Å²) in [6.45, 7) is 0.861. The number of benzene rings is 1. The Balaban J connectivity index is 1.40. The molecule has 1 N–H and O–H groups in total. The summed E-state index contributed by atoms with van der Waals surface area (Å²) in [5, 5.41) is 8.96. The van der Waals surface area contributed by atoms with Crippen molar-refractivity contribution in [2.24, 2.45) is 5.92 Å². The van der Waals surface area contributed by atoms with Crippen molar-refractivity contribution in [2.45, 2.75) is 63.9 Å². The van der Waals surface area contributed by atoms with E-state index in [0.717, 1.165) is 49.8 Å². The van der Waals surface area contributed by atoms with Gasteiger partial charge in [0.15, 0.2) is 5.82 Å². The summed E-state index contributed by atoms with van der Waals surface area (Å²) in [5.74, 6) is -1.23. The maximum atomic E-state index is 15.1. The van der Waals surface area contributed by atoms with E-state index in [-0.39, 0.29) is 24.1 Å². The van der Waals surface area contributed by atoms with Gasteiger partial charge in [0.1, 0.15) is 23.4 Å². The van der Waals surface area contributed by atoms with Crippen molar-refractivity contribution in [3.8, 4) is 17.3 Å². The smallest absolute Gasteiger partial charge is 0.303 e. The van der Waals surface area contributed by atoms with Crippen molar-refractivity contribution in [2.75, 3.05) is 18.0 Å². The first-order valence-corrected chi connectivity index (χ1v) is 11.5. The van der Waals surface area contributed by atoms with Gasteiger partial charge >= 0.3 is 5.97 Å². The minimum Gasteiger partial charge on any atom is -0.481 e. The summed E-state index contributed by atoms with van der Waals surface area (Å²) in [5.41, 5.74) is 2.18. The quantitative estimate of drug-likeness (QED) is 0.707. The molecule has 0 bridgehead atoms. The van der Waals surface area contributed by atoms with E-state index in [4.69, 9.17) is 9.84 Å². The molecule has 0 radical (unpaired) electrons. The number of ether oxygens (including phenoxy) is 1. The number of hydrogen-bond donors (Lipinski definition) is 1. The van der Waals surface area contributed by atoms with Gasteiger partial charge in [-0.1, -0.05) is 0 Å². The second kappa shape index (κ2) is 8.64. The lowest BCUT2D eigenvalue weighted by Gasteiger charge is -2.33. The normalized spacial score (nSPS) is 19.0. The van der Waals surface area contributed by atoms with E-state index in [1.54, 1.807) is 4.90 Å². The molecule has 2 aromatic rings. The van der Waals surface area contributed by atoms with Gasteiger partial charge in [-0.15, -0.1) is 0 Å². The van der Waals surface area contributed by atoms with Gasteiger partial charge in [0.2, 0.25) is 5.88 Å². The van der Waals surface area contributed by atoms with E-state index in [0.29, 0.717) is 43.2 Å². The summed E-state index contributed by atoms with van der Waals surface area (Å²) >= 11 is 0. The largest absolute Gasteiger partial charge is 0.481 e. The van der Waals surface area contributed by atoms with E-state index >= 15 is 8.78 Å². The van der Waals surface area contributed by atoms with Crippen LogP contribution in [-0.4, -0.2) is 40.2 Å². The third-order valence-corrected chi connectivity index (χ3v) is 6.89. The van der Waals surface area contributed by atoms with Crippen LogP contribution in [0.4, 0.5) is 14.5 Å². The second-order valence-electron chi connectivity index (χ2n) is 9.12. The van der Waals surface area contributed by atoms with E-state index in [1.807, 2.05) is 0 Å². The fourth-order valence-electron chi connectivity index (χ4n) is 4.88. The monoisotopic (exact) mass is 443 g/mol. The fraction of sp³-hybridized carbons (Fsp3) is 0.542. The van der Waals surface area contributed by atoms with Crippen molar-refractivity contribution >= 4 is 11.7 Å². The molecule has 1 saturated carbocycles. The Bertz CT molecular complexity index is 1010. The van der Waals surface area contributed by atoms with Gasteiger partial charge in [0, 0.05) is 30.6 Å². The summed E-state index contributed by atoms with van der Waals surface area (Å²) in [7, 11) is 0. The third kappa shape index (κ3) is 4.14. The molecule has 6 nitrogen and oxygen atoms in total. The number of carboxylic acids is 1. The van der Waals surface area contributed by atoms with Crippen molar-refractivity contribution < 1.29 is 23.4 Å². The number of halogens is 2. The van der Waals surface area contributed by atoms with Crippen molar-refractivity contribution in [1.82, 2.24) is 9.97 Å². The molecule has 3 aliphatic rings. The van der Waals surface area contributed by atoms with Gasteiger partial charge in [-0.2, -0.15) is 4.98 Å². The van der Waals surface area contributed by atoms with E-state index in [1.165, 1.54) is 12.1 Å². The standard InChI is InChI=1S/C24H27F2N3O3/c25-18-12-15(13-19(26)22(18)29-9-7-14(8-10-29)11-21(30)31)23-27-20-6-2-5-17(20)24(28-23)32-16-3-1-4-16/h12-14,16H,1-11H2,(H,30,31). The molecule has 2 heterocycles. The molecule has 5 rings (SSSR count). The summed E-state index contributed by atoms with van der Waals surface area (Å²) in [6.07, 6.45) is 7.30. The highest BCUT2D eigenvalue weighted by Gasteiger charge is 2.28. The molecule has 1 aliphatic heterocycles. The molecular formula is C24H27F2N3O3. The lowest BCUT2D eigenvalue weighted by atomic mass is 9.93. The maximum absolute atomic E-state index is 15.1. The minimum absolute atomic E-state index is 0.0445. The zero-order valence-electron chi connectivity index (χ0n) is 17.9. The predicted molar refractivity (Wildman–Crippen MR) is 115 cm³/mol. The van der Waals surface area contributed by atoms with Gasteiger partial charge < -0.3 is 14.7 Å². The molecule has 2 fully saturated rings. The van der Waals surface area contributed by atoms with Crippen LogP contribution in [0.1, 0.15) is 56.2 Å². The Morgan fingerprint density at radius 1 is 1.06 bits per heavy atom. The summed E-state index contributed by atoms with van der Waals surface area (Å²) < 4.78 is 36.2. The third-order valence-electron chi connectivity index (χ3n) is 6.89. The fourth-order valence-corrected chi connectivity index (χ4v) is 4.88. The Labute approximate surface area is 185 Å². The number of nitrogens with zero attached hydrogens (tertiary/aromatic N) is 3. The van der Waals surface area contributed by atoms with Crippen LogP contribution in [0, 0.1) is 17.6 Å². The second-order valence-corrected chi connectivity index (χ2v) is 9.12. The lowest BCUT2D eigenvalue weighted by molar-refractivity contribution is -0.138. The zero-order chi connectivity index (χ0) is 22.2. The number of carboxylic acid groups (broad SMARTS) is 1. The molecule has 32 heavy (non-hydrogen) atoms. The van der Waals surface area contributed by atoms with Gasteiger partial charge in [0.05, 0.1) is 5.69 Å².